The third-order valence-electron chi connectivity index (χ3n) is 3.19. The van der Waals surface area contributed by atoms with Crippen LogP contribution in [0.2, 0.25) is 0 Å². The van der Waals surface area contributed by atoms with Crippen LogP contribution in [0.3, 0.4) is 0 Å². The van der Waals surface area contributed by atoms with Gasteiger partial charge in [0.1, 0.15) is 0 Å². The Bertz CT molecular complexity index is 323. The van der Waals surface area contributed by atoms with Gasteiger partial charge in [-0.25, -0.2) is 0 Å². The Balaban J connectivity index is 1.99. The normalized spacial score (nSPS) is 30.6. The van der Waals surface area contributed by atoms with Gasteiger partial charge >= 0.3 is 0 Å². The zero-order valence-electron chi connectivity index (χ0n) is 8.64. The molecule has 1 aromatic rings. The highest BCUT2D eigenvalue weighted by atomic mass is 79.9. The van der Waals surface area contributed by atoms with Crippen LogP contribution in [0, 0.1) is 5.92 Å². The van der Waals surface area contributed by atoms with Gasteiger partial charge in [0.15, 0.2) is 0 Å². The van der Waals surface area contributed by atoms with Crippen LogP contribution in [0.15, 0.2) is 15.9 Å². The predicted octanol–water partition coefficient (Wildman–Crippen LogP) is 3.40. The monoisotopic (exact) mass is 273 g/mol. The van der Waals surface area contributed by atoms with Gasteiger partial charge in [-0.15, -0.1) is 11.3 Å². The summed E-state index contributed by atoms with van der Waals surface area (Å²) in [6, 6.07) is 4.43. The van der Waals surface area contributed by atoms with Gasteiger partial charge in [-0.2, -0.15) is 0 Å². The van der Waals surface area contributed by atoms with E-state index in [4.69, 9.17) is 0 Å². The van der Waals surface area contributed by atoms with Crippen LogP contribution < -0.4 is 5.32 Å². The van der Waals surface area contributed by atoms with Gasteiger partial charge in [0.05, 0.1) is 3.79 Å². The summed E-state index contributed by atoms with van der Waals surface area (Å²) in [5.41, 5.74) is 0.457. The summed E-state index contributed by atoms with van der Waals surface area (Å²) in [5.74, 6) is 0.841. The van der Waals surface area contributed by atoms with E-state index in [9.17, 15) is 0 Å². The quantitative estimate of drug-likeness (QED) is 0.887. The lowest BCUT2D eigenvalue weighted by Crippen LogP contribution is -2.19. The van der Waals surface area contributed by atoms with Crippen LogP contribution in [0.25, 0.3) is 0 Å². The van der Waals surface area contributed by atoms with Crippen molar-refractivity contribution in [3.63, 3.8) is 0 Å². The molecule has 14 heavy (non-hydrogen) atoms. The number of thiophene rings is 1. The average molecular weight is 274 g/mol. The highest BCUT2D eigenvalue weighted by molar-refractivity contribution is 9.11. The molecule has 1 aromatic heterocycles. The molecule has 0 spiro atoms. The van der Waals surface area contributed by atoms with Gasteiger partial charge in [0.25, 0.3) is 0 Å². The molecule has 0 saturated heterocycles. The van der Waals surface area contributed by atoms with E-state index in [1.165, 1.54) is 21.6 Å². The molecule has 0 bridgehead atoms. The summed E-state index contributed by atoms with van der Waals surface area (Å²) in [4.78, 5) is 1.53. The van der Waals surface area contributed by atoms with Crippen molar-refractivity contribution in [3.05, 3.63) is 20.8 Å². The van der Waals surface area contributed by atoms with Crippen molar-refractivity contribution >= 4 is 27.3 Å². The zero-order valence-corrected chi connectivity index (χ0v) is 11.0. The predicted molar refractivity (Wildman–Crippen MR) is 66.0 cm³/mol. The Morgan fingerprint density at radius 1 is 1.64 bits per heavy atom. The lowest BCUT2D eigenvalue weighted by Gasteiger charge is -2.08. The van der Waals surface area contributed by atoms with Crippen LogP contribution in [-0.4, -0.2) is 13.1 Å². The maximum absolute atomic E-state index is 3.53. The van der Waals surface area contributed by atoms with Crippen molar-refractivity contribution in [2.45, 2.75) is 25.7 Å². The third kappa shape index (κ3) is 1.90. The topological polar surface area (TPSA) is 12.0 Å². The molecule has 1 fully saturated rings. The molecular formula is C11H16BrNS. The minimum absolute atomic E-state index is 0.457. The molecule has 2 unspecified atom stereocenters. The highest BCUT2D eigenvalue weighted by Gasteiger charge is 2.51. The van der Waals surface area contributed by atoms with Crippen LogP contribution >= 0.6 is 27.3 Å². The second kappa shape index (κ2) is 3.95. The first-order valence-corrected chi connectivity index (χ1v) is 6.74. The molecule has 1 aliphatic carbocycles. The summed E-state index contributed by atoms with van der Waals surface area (Å²) in [7, 11) is 0. The van der Waals surface area contributed by atoms with E-state index in [0.29, 0.717) is 5.41 Å². The molecule has 0 aliphatic heterocycles. The average Bonchev–Trinajstić information content (AvgIpc) is 2.58. The summed E-state index contributed by atoms with van der Waals surface area (Å²) < 4.78 is 1.25. The molecule has 2 rings (SSSR count). The molecule has 1 nitrogen and oxygen atoms in total. The smallest absolute Gasteiger partial charge is 0.0701 e. The molecule has 2 atom stereocenters. The zero-order chi connectivity index (χ0) is 10.2. The molecule has 78 valence electrons. The van der Waals surface area contributed by atoms with Crippen molar-refractivity contribution in [1.82, 2.24) is 5.32 Å². The molecule has 1 N–H and O–H groups in total. The molecular weight excluding hydrogens is 258 g/mol. The fourth-order valence-electron chi connectivity index (χ4n) is 1.99. The van der Waals surface area contributed by atoms with Crippen molar-refractivity contribution < 1.29 is 0 Å². The van der Waals surface area contributed by atoms with E-state index in [-0.39, 0.29) is 0 Å². The summed E-state index contributed by atoms with van der Waals surface area (Å²) in [6.07, 6.45) is 1.34. The van der Waals surface area contributed by atoms with Gasteiger partial charge < -0.3 is 5.32 Å². The highest BCUT2D eigenvalue weighted by Crippen LogP contribution is 2.55. The molecule has 1 heterocycles. The van der Waals surface area contributed by atoms with Gasteiger partial charge in [-0.3, -0.25) is 0 Å². The van der Waals surface area contributed by atoms with Crippen molar-refractivity contribution in [1.29, 1.82) is 0 Å². The van der Waals surface area contributed by atoms with Gasteiger partial charge in [-0.05, 0) is 53.5 Å². The Hall–Kier alpha value is 0.140. The fourth-order valence-corrected chi connectivity index (χ4v) is 3.61. The van der Waals surface area contributed by atoms with Crippen LogP contribution in [0.5, 0.6) is 0 Å². The Labute approximate surface area is 98.0 Å². The molecule has 0 amide bonds. The fraction of sp³-hybridized carbons (Fsp3) is 0.636. The number of hydrogen-bond donors (Lipinski definition) is 1. The number of halogens is 1. The van der Waals surface area contributed by atoms with Crippen molar-refractivity contribution in [2.24, 2.45) is 5.92 Å². The lowest BCUT2D eigenvalue weighted by atomic mass is 10.0. The minimum atomic E-state index is 0.457. The Kier molecular flexibility index (Phi) is 3.01. The Morgan fingerprint density at radius 2 is 2.43 bits per heavy atom. The SMILES string of the molecule is CCNCC1CC1(C)c1ccc(Br)s1. The lowest BCUT2D eigenvalue weighted by molar-refractivity contribution is 0.597. The van der Waals surface area contributed by atoms with Crippen LogP contribution in [0.4, 0.5) is 0 Å². The maximum atomic E-state index is 3.53. The van der Waals surface area contributed by atoms with E-state index >= 15 is 0 Å². The largest absolute Gasteiger partial charge is 0.317 e. The van der Waals surface area contributed by atoms with E-state index in [1.54, 1.807) is 0 Å². The molecule has 3 heteroatoms. The second-order valence-electron chi connectivity index (χ2n) is 4.23. The number of nitrogens with one attached hydrogen (secondary N) is 1. The molecule has 1 aliphatic rings. The van der Waals surface area contributed by atoms with Gasteiger partial charge in [0.2, 0.25) is 0 Å². The van der Waals surface area contributed by atoms with Gasteiger partial charge in [0, 0.05) is 10.3 Å². The number of hydrogen-bond acceptors (Lipinski definition) is 2. The standard InChI is InChI=1S/C11H16BrNS/c1-3-13-7-8-6-11(8,2)9-4-5-10(12)14-9/h4-5,8,13H,3,6-7H2,1-2H3. The molecule has 1 saturated carbocycles. The first-order valence-electron chi connectivity index (χ1n) is 5.13. The van der Waals surface area contributed by atoms with Gasteiger partial charge in [-0.1, -0.05) is 13.8 Å². The minimum Gasteiger partial charge on any atom is -0.317 e. The first kappa shape index (κ1) is 10.7. The van der Waals surface area contributed by atoms with Crippen molar-refractivity contribution in [3.8, 4) is 0 Å². The second-order valence-corrected chi connectivity index (χ2v) is 6.69. The van der Waals surface area contributed by atoms with E-state index < -0.39 is 0 Å². The maximum Gasteiger partial charge on any atom is 0.0701 e. The third-order valence-corrected chi connectivity index (χ3v) is 5.09. The van der Waals surface area contributed by atoms with E-state index in [0.717, 1.165) is 12.5 Å². The Morgan fingerprint density at radius 3 is 3.00 bits per heavy atom. The molecule has 0 radical (unpaired) electrons. The summed E-state index contributed by atoms with van der Waals surface area (Å²) >= 11 is 5.41. The van der Waals surface area contributed by atoms with E-state index in [1.807, 2.05) is 11.3 Å². The van der Waals surface area contributed by atoms with Crippen molar-refractivity contribution in [2.75, 3.05) is 13.1 Å². The number of rotatable bonds is 4. The van der Waals surface area contributed by atoms with Crippen LogP contribution in [0.1, 0.15) is 25.1 Å². The summed E-state index contributed by atoms with van der Waals surface area (Å²) in [6.45, 7) is 6.80. The first-order chi connectivity index (χ1) is 6.66. The summed E-state index contributed by atoms with van der Waals surface area (Å²) in [5, 5.41) is 3.43. The van der Waals surface area contributed by atoms with E-state index in [2.05, 4.69) is 47.2 Å². The van der Waals surface area contributed by atoms with Crippen LogP contribution in [-0.2, 0) is 5.41 Å². The molecule has 0 aromatic carbocycles.